The average Bonchev–Trinajstić information content (AvgIpc) is 2.86. The highest BCUT2D eigenvalue weighted by atomic mass is 16.5. The first-order valence-electron chi connectivity index (χ1n) is 7.13. The molecular weight excluding hydrogens is 238 g/mol. The molecular formula is C16H23NO2. The first-order chi connectivity index (χ1) is 9.13. The van der Waals surface area contributed by atoms with E-state index >= 15 is 0 Å². The van der Waals surface area contributed by atoms with Crippen molar-refractivity contribution >= 4 is 5.78 Å². The van der Waals surface area contributed by atoms with Gasteiger partial charge in [-0.3, -0.25) is 4.79 Å². The van der Waals surface area contributed by atoms with E-state index in [-0.39, 0.29) is 17.8 Å². The molecule has 0 amide bonds. The summed E-state index contributed by atoms with van der Waals surface area (Å²) in [6, 6.07) is 7.54. The first kappa shape index (κ1) is 14.1. The maximum Gasteiger partial charge on any atom is 0.169 e. The molecule has 0 spiro atoms. The number of nitrogens with two attached hydrogens (primary N) is 1. The van der Waals surface area contributed by atoms with Crippen LogP contribution in [-0.4, -0.2) is 18.4 Å². The van der Waals surface area contributed by atoms with Gasteiger partial charge in [0.2, 0.25) is 0 Å². The monoisotopic (exact) mass is 261 g/mol. The van der Waals surface area contributed by atoms with Gasteiger partial charge in [-0.2, -0.15) is 0 Å². The lowest BCUT2D eigenvalue weighted by Crippen LogP contribution is -2.25. The second kappa shape index (κ2) is 6.20. The Kier molecular flexibility index (Phi) is 4.59. The van der Waals surface area contributed by atoms with Crippen molar-refractivity contribution < 1.29 is 9.53 Å². The van der Waals surface area contributed by atoms with Crippen molar-refractivity contribution in [2.24, 2.45) is 17.6 Å². The Morgan fingerprint density at radius 2 is 2.11 bits per heavy atom. The van der Waals surface area contributed by atoms with Gasteiger partial charge >= 0.3 is 0 Å². The highest BCUT2D eigenvalue weighted by Gasteiger charge is 2.33. The van der Waals surface area contributed by atoms with Crippen molar-refractivity contribution in [2.45, 2.75) is 39.2 Å². The van der Waals surface area contributed by atoms with Gasteiger partial charge in [-0.15, -0.1) is 0 Å². The molecule has 0 aromatic heterocycles. The minimum absolute atomic E-state index is 0.0712. The van der Waals surface area contributed by atoms with Gasteiger partial charge in [0.15, 0.2) is 5.78 Å². The molecule has 2 N–H and O–H groups in total. The second-order valence-corrected chi connectivity index (χ2v) is 5.56. The maximum absolute atomic E-state index is 12.7. The number of carbonyl (C=O) groups excluding carboxylic acids is 1. The van der Waals surface area contributed by atoms with Crippen LogP contribution in [0.4, 0.5) is 0 Å². The third-order valence-electron chi connectivity index (χ3n) is 3.81. The van der Waals surface area contributed by atoms with Crippen LogP contribution in [0.5, 0.6) is 5.75 Å². The first-order valence-corrected chi connectivity index (χ1v) is 7.13. The van der Waals surface area contributed by atoms with Gasteiger partial charge in [0.05, 0.1) is 11.7 Å². The molecule has 1 aromatic rings. The molecule has 1 aromatic carbocycles. The van der Waals surface area contributed by atoms with E-state index in [0.717, 1.165) is 19.3 Å². The largest absolute Gasteiger partial charge is 0.490 e. The van der Waals surface area contributed by atoms with Crippen molar-refractivity contribution in [3.05, 3.63) is 29.8 Å². The topological polar surface area (TPSA) is 52.3 Å². The molecule has 0 heterocycles. The van der Waals surface area contributed by atoms with Crippen LogP contribution in [0.15, 0.2) is 24.3 Å². The smallest absolute Gasteiger partial charge is 0.169 e. The number of carbonyl (C=O) groups is 1. The molecule has 0 aliphatic heterocycles. The Bertz CT molecular complexity index is 442. The van der Waals surface area contributed by atoms with Crippen LogP contribution in [0, 0.1) is 11.8 Å². The Balaban J connectivity index is 2.23. The standard InChI is InChI=1S/C16H23NO2/c1-11(2)19-15-9-4-3-7-14(15)16(18)13-8-5-6-12(13)10-17/h3-4,7,9,11-13H,5-6,8,10,17H2,1-2H3. The van der Waals surface area contributed by atoms with Crippen molar-refractivity contribution in [1.82, 2.24) is 0 Å². The van der Waals surface area contributed by atoms with Gasteiger partial charge < -0.3 is 10.5 Å². The van der Waals surface area contributed by atoms with Crippen LogP contribution in [0.25, 0.3) is 0 Å². The Labute approximate surface area is 115 Å². The third-order valence-corrected chi connectivity index (χ3v) is 3.81. The molecule has 0 bridgehead atoms. The number of rotatable bonds is 5. The van der Waals surface area contributed by atoms with Crippen LogP contribution in [0.2, 0.25) is 0 Å². The fourth-order valence-electron chi connectivity index (χ4n) is 2.89. The molecule has 3 nitrogen and oxygen atoms in total. The lowest BCUT2D eigenvalue weighted by atomic mass is 9.88. The van der Waals surface area contributed by atoms with E-state index in [9.17, 15) is 4.79 Å². The molecule has 1 aliphatic rings. The number of Topliss-reactive ketones (excluding diaryl/α,β-unsaturated/α-hetero) is 1. The molecule has 2 unspecified atom stereocenters. The van der Waals surface area contributed by atoms with E-state index in [2.05, 4.69) is 0 Å². The highest BCUT2D eigenvalue weighted by molar-refractivity contribution is 6.00. The van der Waals surface area contributed by atoms with Crippen LogP contribution < -0.4 is 10.5 Å². The highest BCUT2D eigenvalue weighted by Crippen LogP contribution is 2.35. The molecule has 2 atom stereocenters. The zero-order valence-corrected chi connectivity index (χ0v) is 11.8. The number of ketones is 1. The van der Waals surface area contributed by atoms with Crippen LogP contribution in [0.1, 0.15) is 43.5 Å². The molecule has 2 rings (SSSR count). The van der Waals surface area contributed by atoms with Crippen LogP contribution in [-0.2, 0) is 0 Å². The zero-order valence-electron chi connectivity index (χ0n) is 11.8. The SMILES string of the molecule is CC(C)Oc1ccccc1C(=O)C1CCCC1CN. The summed E-state index contributed by atoms with van der Waals surface area (Å²) in [5.41, 5.74) is 6.49. The lowest BCUT2D eigenvalue weighted by Gasteiger charge is -2.19. The van der Waals surface area contributed by atoms with E-state index < -0.39 is 0 Å². The summed E-state index contributed by atoms with van der Waals surface area (Å²) in [5.74, 6) is 1.30. The summed E-state index contributed by atoms with van der Waals surface area (Å²) in [5, 5.41) is 0. The molecule has 104 valence electrons. The van der Waals surface area contributed by atoms with Crippen molar-refractivity contribution in [2.75, 3.05) is 6.54 Å². The van der Waals surface area contributed by atoms with E-state index in [0.29, 0.717) is 23.8 Å². The minimum atomic E-state index is 0.0712. The van der Waals surface area contributed by atoms with E-state index in [1.165, 1.54) is 0 Å². The van der Waals surface area contributed by atoms with Crippen molar-refractivity contribution in [3.8, 4) is 5.75 Å². The predicted octanol–water partition coefficient (Wildman–Crippen LogP) is 3.03. The van der Waals surface area contributed by atoms with Gasteiger partial charge in [0.1, 0.15) is 5.75 Å². The van der Waals surface area contributed by atoms with Crippen LogP contribution >= 0.6 is 0 Å². The van der Waals surface area contributed by atoms with E-state index in [4.69, 9.17) is 10.5 Å². The molecule has 3 heteroatoms. The summed E-state index contributed by atoms with van der Waals surface area (Å²) in [6.45, 7) is 4.54. The van der Waals surface area contributed by atoms with Gasteiger partial charge in [-0.05, 0) is 51.3 Å². The van der Waals surface area contributed by atoms with Crippen LogP contribution in [0.3, 0.4) is 0 Å². The van der Waals surface area contributed by atoms with E-state index in [1.807, 2.05) is 38.1 Å². The van der Waals surface area contributed by atoms with Crippen molar-refractivity contribution in [1.29, 1.82) is 0 Å². The zero-order chi connectivity index (χ0) is 13.8. The Morgan fingerprint density at radius 3 is 2.79 bits per heavy atom. The average molecular weight is 261 g/mol. The van der Waals surface area contributed by atoms with E-state index in [1.54, 1.807) is 0 Å². The third kappa shape index (κ3) is 3.16. The maximum atomic E-state index is 12.7. The molecule has 1 fully saturated rings. The van der Waals surface area contributed by atoms with Gasteiger partial charge in [0.25, 0.3) is 0 Å². The summed E-state index contributed by atoms with van der Waals surface area (Å²) in [6.07, 6.45) is 3.20. The normalized spacial score (nSPS) is 22.7. The molecule has 0 radical (unpaired) electrons. The Hall–Kier alpha value is -1.35. The quantitative estimate of drug-likeness (QED) is 0.829. The number of hydrogen-bond acceptors (Lipinski definition) is 3. The molecule has 19 heavy (non-hydrogen) atoms. The van der Waals surface area contributed by atoms with Gasteiger partial charge in [0, 0.05) is 5.92 Å². The number of hydrogen-bond donors (Lipinski definition) is 1. The second-order valence-electron chi connectivity index (χ2n) is 5.56. The molecule has 1 saturated carbocycles. The summed E-state index contributed by atoms with van der Waals surface area (Å²) in [7, 11) is 0. The fraction of sp³-hybridized carbons (Fsp3) is 0.562. The number of para-hydroxylation sites is 1. The van der Waals surface area contributed by atoms with Crippen molar-refractivity contribution in [3.63, 3.8) is 0 Å². The molecule has 0 saturated heterocycles. The summed E-state index contributed by atoms with van der Waals surface area (Å²) >= 11 is 0. The predicted molar refractivity (Wildman–Crippen MR) is 76.4 cm³/mol. The Morgan fingerprint density at radius 1 is 1.37 bits per heavy atom. The van der Waals surface area contributed by atoms with Gasteiger partial charge in [-0.1, -0.05) is 18.6 Å². The fourth-order valence-corrected chi connectivity index (χ4v) is 2.89. The summed E-state index contributed by atoms with van der Waals surface area (Å²) in [4.78, 5) is 12.7. The summed E-state index contributed by atoms with van der Waals surface area (Å²) < 4.78 is 5.74. The number of benzene rings is 1. The number of ether oxygens (including phenoxy) is 1. The minimum Gasteiger partial charge on any atom is -0.490 e. The van der Waals surface area contributed by atoms with Gasteiger partial charge in [-0.25, -0.2) is 0 Å². The molecule has 1 aliphatic carbocycles. The lowest BCUT2D eigenvalue weighted by molar-refractivity contribution is 0.0887.